The fourth-order valence-electron chi connectivity index (χ4n) is 2.52. The van der Waals surface area contributed by atoms with Crippen molar-refractivity contribution in [3.8, 4) is 5.75 Å². The van der Waals surface area contributed by atoms with E-state index in [1.165, 1.54) is 5.56 Å². The number of halogens is 1. The van der Waals surface area contributed by atoms with Gasteiger partial charge in [0.15, 0.2) is 0 Å². The van der Waals surface area contributed by atoms with Crippen molar-refractivity contribution in [1.82, 2.24) is 5.32 Å². The number of carbonyl (C=O) groups is 1. The molecule has 2 rings (SSSR count). The maximum atomic E-state index is 11.9. The molecular weight excluding hydrogens is 276 g/mol. The highest BCUT2D eigenvalue weighted by Crippen LogP contribution is 2.23. The highest BCUT2D eigenvalue weighted by Gasteiger charge is 2.27. The van der Waals surface area contributed by atoms with Crippen LogP contribution in [0.25, 0.3) is 0 Å². The maximum Gasteiger partial charge on any atom is 0.223 e. The van der Waals surface area contributed by atoms with Crippen LogP contribution in [0.15, 0.2) is 24.3 Å². The van der Waals surface area contributed by atoms with Crippen LogP contribution in [-0.2, 0) is 11.2 Å². The zero-order chi connectivity index (χ0) is 13.7. The van der Waals surface area contributed by atoms with E-state index in [2.05, 4.69) is 5.32 Å². The lowest BCUT2D eigenvalue weighted by Crippen LogP contribution is -2.31. The molecule has 2 atom stereocenters. The van der Waals surface area contributed by atoms with Gasteiger partial charge in [0.2, 0.25) is 5.91 Å². The van der Waals surface area contributed by atoms with Crippen LogP contribution in [0.3, 0.4) is 0 Å². The van der Waals surface area contributed by atoms with Gasteiger partial charge in [0.05, 0.1) is 7.11 Å². The molecule has 1 fully saturated rings. The van der Waals surface area contributed by atoms with Gasteiger partial charge in [0, 0.05) is 18.5 Å². The second kappa shape index (κ2) is 8.12. The van der Waals surface area contributed by atoms with E-state index in [4.69, 9.17) is 10.5 Å². The maximum absolute atomic E-state index is 11.9. The molecule has 20 heavy (non-hydrogen) atoms. The predicted molar refractivity (Wildman–Crippen MR) is 82.3 cm³/mol. The molecule has 0 heterocycles. The Morgan fingerprint density at radius 2 is 2.05 bits per heavy atom. The van der Waals surface area contributed by atoms with Gasteiger partial charge >= 0.3 is 0 Å². The first-order valence-corrected chi connectivity index (χ1v) is 6.85. The Labute approximate surface area is 126 Å². The summed E-state index contributed by atoms with van der Waals surface area (Å²) in [7, 11) is 1.65. The first-order valence-electron chi connectivity index (χ1n) is 6.85. The number of benzene rings is 1. The van der Waals surface area contributed by atoms with Crippen LogP contribution >= 0.6 is 12.4 Å². The van der Waals surface area contributed by atoms with Crippen molar-refractivity contribution >= 4 is 18.3 Å². The van der Waals surface area contributed by atoms with Crippen LogP contribution in [0.2, 0.25) is 0 Å². The fraction of sp³-hybridized carbons (Fsp3) is 0.533. The lowest BCUT2D eigenvalue weighted by atomic mass is 10.1. The van der Waals surface area contributed by atoms with Crippen molar-refractivity contribution in [2.45, 2.75) is 31.7 Å². The van der Waals surface area contributed by atoms with E-state index >= 15 is 0 Å². The van der Waals surface area contributed by atoms with Crippen molar-refractivity contribution in [3.63, 3.8) is 0 Å². The van der Waals surface area contributed by atoms with Gasteiger partial charge in [-0.2, -0.15) is 0 Å². The van der Waals surface area contributed by atoms with Gasteiger partial charge in [-0.15, -0.1) is 12.4 Å². The molecule has 0 radical (unpaired) electrons. The van der Waals surface area contributed by atoms with E-state index in [0.29, 0.717) is 6.54 Å². The van der Waals surface area contributed by atoms with Crippen LogP contribution in [0.5, 0.6) is 5.75 Å². The molecule has 1 aliphatic rings. The summed E-state index contributed by atoms with van der Waals surface area (Å²) in [5.74, 6) is 1.13. The molecule has 3 N–H and O–H groups in total. The molecule has 2 unspecified atom stereocenters. The van der Waals surface area contributed by atoms with E-state index in [1.54, 1.807) is 7.11 Å². The Kier molecular flexibility index (Phi) is 6.82. The Bertz CT molecular complexity index is 422. The molecule has 0 aliphatic heterocycles. The van der Waals surface area contributed by atoms with Crippen molar-refractivity contribution in [1.29, 1.82) is 0 Å². The molecule has 112 valence electrons. The van der Waals surface area contributed by atoms with Crippen molar-refractivity contribution in [2.24, 2.45) is 11.7 Å². The summed E-state index contributed by atoms with van der Waals surface area (Å²) in [6.45, 7) is 0.677. The fourth-order valence-corrected chi connectivity index (χ4v) is 2.52. The number of carbonyl (C=O) groups excluding carboxylic acids is 1. The van der Waals surface area contributed by atoms with Crippen molar-refractivity contribution in [2.75, 3.05) is 13.7 Å². The van der Waals surface area contributed by atoms with Gasteiger partial charge in [-0.05, 0) is 43.4 Å². The van der Waals surface area contributed by atoms with Crippen LogP contribution in [0.1, 0.15) is 24.8 Å². The second-order valence-corrected chi connectivity index (χ2v) is 5.16. The largest absolute Gasteiger partial charge is 0.497 e. The second-order valence-electron chi connectivity index (χ2n) is 5.16. The normalized spacial score (nSPS) is 21.1. The summed E-state index contributed by atoms with van der Waals surface area (Å²) in [5, 5.41) is 3.00. The average Bonchev–Trinajstić information content (AvgIpc) is 2.86. The predicted octanol–water partition coefficient (Wildman–Crippen LogP) is 1.90. The van der Waals surface area contributed by atoms with Gasteiger partial charge < -0.3 is 15.8 Å². The van der Waals surface area contributed by atoms with Gasteiger partial charge in [-0.1, -0.05) is 12.1 Å². The summed E-state index contributed by atoms with van der Waals surface area (Å²) in [5.41, 5.74) is 7.02. The number of hydrogen-bond donors (Lipinski definition) is 2. The quantitative estimate of drug-likeness (QED) is 0.873. The number of rotatable bonds is 5. The smallest absolute Gasteiger partial charge is 0.223 e. The van der Waals surface area contributed by atoms with Crippen LogP contribution in [0, 0.1) is 5.92 Å². The molecule has 0 aromatic heterocycles. The molecule has 1 aromatic rings. The van der Waals surface area contributed by atoms with E-state index in [0.717, 1.165) is 31.4 Å². The summed E-state index contributed by atoms with van der Waals surface area (Å²) in [6.07, 6.45) is 3.56. The van der Waals surface area contributed by atoms with Gasteiger partial charge in [-0.25, -0.2) is 0 Å². The Hall–Kier alpha value is -1.26. The molecule has 1 aliphatic carbocycles. The molecule has 0 saturated heterocycles. The molecule has 4 nitrogen and oxygen atoms in total. The van der Waals surface area contributed by atoms with Gasteiger partial charge in [-0.3, -0.25) is 4.79 Å². The highest BCUT2D eigenvalue weighted by atomic mass is 35.5. The number of nitrogens with one attached hydrogen (secondary N) is 1. The van der Waals surface area contributed by atoms with Crippen molar-refractivity contribution < 1.29 is 9.53 Å². The summed E-state index contributed by atoms with van der Waals surface area (Å²) >= 11 is 0. The van der Waals surface area contributed by atoms with Gasteiger partial charge in [0.1, 0.15) is 5.75 Å². The van der Waals surface area contributed by atoms with Crippen LogP contribution in [0.4, 0.5) is 0 Å². The van der Waals surface area contributed by atoms with Crippen molar-refractivity contribution in [3.05, 3.63) is 29.8 Å². The topological polar surface area (TPSA) is 64.3 Å². The van der Waals surface area contributed by atoms with Crippen LogP contribution in [-0.4, -0.2) is 25.6 Å². The summed E-state index contributed by atoms with van der Waals surface area (Å²) < 4.78 is 5.11. The SMILES string of the molecule is COc1ccc(CCNC(=O)C2CCC(N)C2)cc1.Cl. The van der Waals surface area contributed by atoms with E-state index < -0.39 is 0 Å². The Morgan fingerprint density at radius 3 is 2.60 bits per heavy atom. The highest BCUT2D eigenvalue weighted by molar-refractivity contribution is 5.85. The first kappa shape index (κ1) is 16.8. The average molecular weight is 299 g/mol. The minimum atomic E-state index is 0. The van der Waals surface area contributed by atoms with Gasteiger partial charge in [0.25, 0.3) is 0 Å². The summed E-state index contributed by atoms with van der Waals surface area (Å²) in [6, 6.07) is 8.13. The van der Waals surface area contributed by atoms with E-state index in [9.17, 15) is 4.79 Å². The number of hydrogen-bond acceptors (Lipinski definition) is 3. The van der Waals surface area contributed by atoms with Crippen LogP contribution < -0.4 is 15.8 Å². The van der Waals surface area contributed by atoms with E-state index in [1.807, 2.05) is 24.3 Å². The summed E-state index contributed by atoms with van der Waals surface area (Å²) in [4.78, 5) is 11.9. The minimum absolute atomic E-state index is 0. The first-order chi connectivity index (χ1) is 9.19. The third-order valence-electron chi connectivity index (χ3n) is 3.72. The molecular formula is C15H23ClN2O2. The molecule has 1 amide bonds. The Balaban J connectivity index is 0.00000200. The lowest BCUT2D eigenvalue weighted by molar-refractivity contribution is -0.124. The molecule has 1 aromatic carbocycles. The Morgan fingerprint density at radius 1 is 1.35 bits per heavy atom. The molecule has 1 saturated carbocycles. The third kappa shape index (κ3) is 4.69. The standard InChI is InChI=1S/C15H22N2O2.ClH/c1-19-14-6-2-11(3-7-14)8-9-17-15(18)12-4-5-13(16)10-12;/h2-3,6-7,12-13H,4-5,8-10,16H2,1H3,(H,17,18);1H. The third-order valence-corrected chi connectivity index (χ3v) is 3.72. The minimum Gasteiger partial charge on any atom is -0.497 e. The monoisotopic (exact) mass is 298 g/mol. The van der Waals surface area contributed by atoms with E-state index in [-0.39, 0.29) is 30.3 Å². The zero-order valence-corrected chi connectivity index (χ0v) is 12.6. The number of nitrogens with two attached hydrogens (primary N) is 1. The number of methoxy groups -OCH3 is 1. The lowest BCUT2D eigenvalue weighted by Gasteiger charge is -2.10. The molecule has 0 bridgehead atoms. The number of ether oxygens (including phenoxy) is 1. The molecule has 0 spiro atoms. The number of amides is 1. The molecule has 5 heteroatoms. The zero-order valence-electron chi connectivity index (χ0n) is 11.8.